The number of hydrogen-bond acceptors (Lipinski definition) is 7. The number of fused-ring (bicyclic) bond motifs is 1. The van der Waals surface area contributed by atoms with E-state index in [1.165, 1.54) is 30.7 Å². The largest absolute Gasteiger partial charge is 0.503 e. The highest BCUT2D eigenvalue weighted by Gasteiger charge is 2.16. The van der Waals surface area contributed by atoms with Crippen LogP contribution in [-0.4, -0.2) is 28.1 Å². The molecule has 0 saturated heterocycles. The van der Waals surface area contributed by atoms with Gasteiger partial charge in [0.05, 0.1) is 29.4 Å². The normalized spacial score (nSPS) is 10.9. The Morgan fingerprint density at radius 3 is 2.80 bits per heavy atom. The molecule has 2 aromatic carbocycles. The second-order valence-electron chi connectivity index (χ2n) is 6.22. The number of rotatable bonds is 6. The summed E-state index contributed by atoms with van der Waals surface area (Å²) in [4.78, 5) is 23.3. The number of aromatic hydroxyl groups is 1. The van der Waals surface area contributed by atoms with Crippen LogP contribution in [-0.2, 0) is 11.2 Å². The molecule has 0 aliphatic carbocycles. The zero-order valence-corrected chi connectivity index (χ0v) is 19.0. The van der Waals surface area contributed by atoms with E-state index in [0.29, 0.717) is 5.13 Å². The van der Waals surface area contributed by atoms with Gasteiger partial charge in [0.25, 0.3) is 0 Å². The molecule has 2 aromatic heterocycles. The van der Waals surface area contributed by atoms with E-state index in [1.54, 1.807) is 11.8 Å². The van der Waals surface area contributed by atoms with Crippen molar-refractivity contribution in [3.8, 4) is 11.5 Å². The maximum atomic E-state index is 12.5. The molecule has 0 aliphatic rings. The van der Waals surface area contributed by atoms with E-state index in [0.717, 1.165) is 24.5 Å². The number of pyridine rings is 1. The van der Waals surface area contributed by atoms with Crippen LogP contribution in [0, 0.1) is 0 Å². The van der Waals surface area contributed by atoms with Crippen LogP contribution in [0.15, 0.2) is 69.0 Å². The third-order valence-corrected chi connectivity index (χ3v) is 6.66. The monoisotopic (exact) mass is 501 g/mol. The predicted molar refractivity (Wildman–Crippen MR) is 123 cm³/mol. The van der Waals surface area contributed by atoms with Gasteiger partial charge in [-0.1, -0.05) is 41.3 Å². The number of halogens is 1. The standard InChI is InChI=1S/C21H16BrN3O3S2/c1-28-16-7-8-23-15(20(16)27)11-18(26)24-21-25-19-14(22)9-13(10-17(19)30-21)29-12-5-3-2-4-6-12/h2-10,27H,11H2,1H3,(H,24,25,26). The second kappa shape index (κ2) is 9.03. The summed E-state index contributed by atoms with van der Waals surface area (Å²) in [6.07, 6.45) is 1.40. The fourth-order valence-corrected chi connectivity index (χ4v) is 5.56. The first-order valence-electron chi connectivity index (χ1n) is 8.87. The first kappa shape index (κ1) is 20.6. The molecule has 0 fully saturated rings. The van der Waals surface area contributed by atoms with E-state index >= 15 is 0 Å². The van der Waals surface area contributed by atoms with Gasteiger partial charge in [0, 0.05) is 26.5 Å². The van der Waals surface area contributed by atoms with Gasteiger partial charge >= 0.3 is 0 Å². The molecule has 4 rings (SSSR count). The smallest absolute Gasteiger partial charge is 0.232 e. The molecule has 0 radical (unpaired) electrons. The molecule has 0 bridgehead atoms. The molecule has 2 N–H and O–H groups in total. The van der Waals surface area contributed by atoms with Crippen molar-refractivity contribution in [2.45, 2.75) is 16.2 Å². The molecule has 0 spiro atoms. The summed E-state index contributed by atoms with van der Waals surface area (Å²) >= 11 is 6.63. The number of ether oxygens (including phenoxy) is 1. The number of benzene rings is 2. The number of amides is 1. The Morgan fingerprint density at radius 1 is 1.23 bits per heavy atom. The summed E-state index contributed by atoms with van der Waals surface area (Å²) in [5.74, 6) is -0.176. The van der Waals surface area contributed by atoms with Crippen molar-refractivity contribution in [3.63, 3.8) is 0 Å². The summed E-state index contributed by atoms with van der Waals surface area (Å²) in [6, 6.07) is 15.7. The van der Waals surface area contributed by atoms with Gasteiger partial charge in [0.1, 0.15) is 0 Å². The lowest BCUT2D eigenvalue weighted by Crippen LogP contribution is -2.15. The van der Waals surface area contributed by atoms with Crippen molar-refractivity contribution >= 4 is 60.3 Å². The third-order valence-electron chi connectivity index (χ3n) is 4.16. The molecule has 9 heteroatoms. The Kier molecular flexibility index (Phi) is 6.21. The van der Waals surface area contributed by atoms with Gasteiger partial charge in [-0.2, -0.15) is 0 Å². The lowest BCUT2D eigenvalue weighted by atomic mass is 10.2. The number of carbonyl (C=O) groups is 1. The quantitative estimate of drug-likeness (QED) is 0.362. The molecule has 2 heterocycles. The Labute approximate surface area is 189 Å². The molecule has 0 aliphatic heterocycles. The average Bonchev–Trinajstić information content (AvgIpc) is 3.13. The van der Waals surface area contributed by atoms with E-state index in [-0.39, 0.29) is 29.5 Å². The van der Waals surface area contributed by atoms with Crippen molar-refractivity contribution in [1.29, 1.82) is 0 Å². The molecule has 0 unspecified atom stereocenters. The molecule has 6 nitrogen and oxygen atoms in total. The van der Waals surface area contributed by atoms with E-state index in [1.807, 2.05) is 24.3 Å². The van der Waals surface area contributed by atoms with Crippen molar-refractivity contribution in [2.75, 3.05) is 12.4 Å². The zero-order chi connectivity index (χ0) is 21.1. The minimum absolute atomic E-state index is 0.0881. The van der Waals surface area contributed by atoms with Crippen LogP contribution in [0.5, 0.6) is 11.5 Å². The molecule has 4 aromatic rings. The van der Waals surface area contributed by atoms with Gasteiger partial charge in [0.15, 0.2) is 16.6 Å². The van der Waals surface area contributed by atoms with E-state index in [2.05, 4.69) is 49.4 Å². The van der Waals surface area contributed by atoms with Crippen molar-refractivity contribution in [2.24, 2.45) is 0 Å². The minimum Gasteiger partial charge on any atom is -0.503 e. The summed E-state index contributed by atoms with van der Waals surface area (Å²) in [5, 5.41) is 13.4. The van der Waals surface area contributed by atoms with Crippen molar-refractivity contribution in [3.05, 3.63) is 64.9 Å². The lowest BCUT2D eigenvalue weighted by Gasteiger charge is -2.07. The summed E-state index contributed by atoms with van der Waals surface area (Å²) < 4.78 is 6.88. The number of hydrogen-bond donors (Lipinski definition) is 2. The van der Waals surface area contributed by atoms with E-state index < -0.39 is 0 Å². The van der Waals surface area contributed by atoms with Gasteiger partial charge in [0.2, 0.25) is 5.91 Å². The molecule has 0 atom stereocenters. The topological polar surface area (TPSA) is 84.3 Å². The number of anilines is 1. The van der Waals surface area contributed by atoms with Gasteiger partial charge in [-0.3, -0.25) is 9.78 Å². The van der Waals surface area contributed by atoms with Crippen molar-refractivity contribution in [1.82, 2.24) is 9.97 Å². The Morgan fingerprint density at radius 2 is 2.03 bits per heavy atom. The molecular weight excluding hydrogens is 486 g/mol. The van der Waals surface area contributed by atoms with Crippen LogP contribution in [0.2, 0.25) is 0 Å². The highest BCUT2D eigenvalue weighted by molar-refractivity contribution is 9.10. The molecule has 152 valence electrons. The number of aromatic nitrogens is 2. The molecule has 30 heavy (non-hydrogen) atoms. The van der Waals surface area contributed by atoms with Crippen LogP contribution < -0.4 is 10.1 Å². The van der Waals surface area contributed by atoms with Gasteiger partial charge in [-0.05, 0) is 40.2 Å². The van der Waals surface area contributed by atoms with Gasteiger partial charge < -0.3 is 15.2 Å². The fraction of sp³-hybridized carbons (Fsp3) is 0.0952. The van der Waals surface area contributed by atoms with Crippen LogP contribution >= 0.6 is 39.0 Å². The first-order valence-corrected chi connectivity index (χ1v) is 11.3. The molecular formula is C21H16BrN3O3S2. The average molecular weight is 502 g/mol. The minimum atomic E-state index is -0.319. The van der Waals surface area contributed by atoms with Crippen LogP contribution in [0.25, 0.3) is 10.2 Å². The highest BCUT2D eigenvalue weighted by Crippen LogP contribution is 2.37. The zero-order valence-electron chi connectivity index (χ0n) is 15.8. The van der Waals surface area contributed by atoms with Crippen LogP contribution in [0.1, 0.15) is 5.69 Å². The summed E-state index contributed by atoms with van der Waals surface area (Å²) in [6.45, 7) is 0. The fourth-order valence-electron chi connectivity index (χ4n) is 2.79. The Balaban J connectivity index is 1.52. The van der Waals surface area contributed by atoms with Crippen LogP contribution in [0.3, 0.4) is 0 Å². The Hall–Kier alpha value is -2.62. The number of thiazole rings is 1. The third kappa shape index (κ3) is 4.58. The van der Waals surface area contributed by atoms with Gasteiger partial charge in [-0.15, -0.1) is 0 Å². The number of nitrogens with zero attached hydrogens (tertiary/aromatic N) is 2. The SMILES string of the molecule is COc1ccnc(CC(=O)Nc2nc3c(Br)cc(Sc4ccccc4)cc3s2)c1O. The first-order chi connectivity index (χ1) is 14.5. The second-order valence-corrected chi connectivity index (χ2v) is 9.25. The number of methoxy groups -OCH3 is 1. The van der Waals surface area contributed by atoms with E-state index in [9.17, 15) is 9.90 Å². The predicted octanol–water partition coefficient (Wildman–Crippen LogP) is 5.50. The highest BCUT2D eigenvalue weighted by atomic mass is 79.9. The molecule has 1 amide bonds. The number of nitrogens with one attached hydrogen (secondary N) is 1. The maximum Gasteiger partial charge on any atom is 0.232 e. The molecule has 0 saturated carbocycles. The summed E-state index contributed by atoms with van der Waals surface area (Å²) in [5.41, 5.74) is 1.03. The van der Waals surface area contributed by atoms with E-state index in [4.69, 9.17) is 4.74 Å². The summed E-state index contributed by atoms with van der Waals surface area (Å²) in [7, 11) is 1.45. The maximum absolute atomic E-state index is 12.5. The lowest BCUT2D eigenvalue weighted by molar-refractivity contribution is -0.115. The van der Waals surface area contributed by atoms with Crippen molar-refractivity contribution < 1.29 is 14.6 Å². The number of carbonyl (C=O) groups excluding carboxylic acids is 1. The Bertz CT molecular complexity index is 1220. The van der Waals surface area contributed by atoms with Crippen LogP contribution in [0.4, 0.5) is 5.13 Å². The van der Waals surface area contributed by atoms with Gasteiger partial charge in [-0.25, -0.2) is 4.98 Å².